The minimum atomic E-state index is -0.318. The quantitative estimate of drug-likeness (QED) is 0.826. The largest absolute Gasteiger partial charge is 0.462 e. The third-order valence-electron chi connectivity index (χ3n) is 4.13. The van der Waals surface area contributed by atoms with Crippen LogP contribution in [-0.4, -0.2) is 25.2 Å². The molecule has 0 radical (unpaired) electrons. The summed E-state index contributed by atoms with van der Waals surface area (Å²) in [6, 6.07) is 10.4. The Hall–Kier alpha value is -1.57. The van der Waals surface area contributed by atoms with Gasteiger partial charge in [0.25, 0.3) is 6.47 Å². The van der Waals surface area contributed by atoms with Crippen molar-refractivity contribution in [1.82, 2.24) is 5.32 Å². The van der Waals surface area contributed by atoms with Crippen LogP contribution >= 0.6 is 11.6 Å². The molecule has 0 atom stereocenters. The van der Waals surface area contributed by atoms with Crippen molar-refractivity contribution in [3.8, 4) is 6.07 Å². The molecule has 1 saturated heterocycles. The number of nitriles is 1. The molecule has 24 heavy (non-hydrogen) atoms. The lowest BCUT2D eigenvalue weighted by Gasteiger charge is -2.38. The van der Waals surface area contributed by atoms with Crippen LogP contribution in [0.2, 0.25) is 5.02 Å². The standard InChI is InChI=1S/C14H17ClN2.C5H10O2/c15-13-4-2-12(3-5-13)14(6-1-9-16)7-10-17-11-8-14;1-5(2,3)7-4-6/h2-5,17H,1,6-8,10-11H2;4H,1-3H3. The molecular formula is C19H27ClN2O2. The summed E-state index contributed by atoms with van der Waals surface area (Å²) in [7, 11) is 0. The van der Waals surface area contributed by atoms with Gasteiger partial charge in [-0.15, -0.1) is 0 Å². The molecule has 2 rings (SSSR count). The molecule has 0 amide bonds. The molecular weight excluding hydrogens is 324 g/mol. The summed E-state index contributed by atoms with van der Waals surface area (Å²) in [5.74, 6) is 0. The summed E-state index contributed by atoms with van der Waals surface area (Å²) in [5.41, 5.74) is 1.19. The highest BCUT2D eigenvalue weighted by Crippen LogP contribution is 2.38. The Kier molecular flexibility index (Phi) is 8.24. The lowest BCUT2D eigenvalue weighted by atomic mass is 9.70. The van der Waals surface area contributed by atoms with Gasteiger partial charge >= 0.3 is 0 Å². The highest BCUT2D eigenvalue weighted by Gasteiger charge is 2.33. The summed E-state index contributed by atoms with van der Waals surface area (Å²) in [5, 5.41) is 13.0. The van der Waals surface area contributed by atoms with Crippen LogP contribution in [0.25, 0.3) is 0 Å². The molecule has 0 saturated carbocycles. The summed E-state index contributed by atoms with van der Waals surface area (Å²) >= 11 is 5.94. The Bertz CT molecular complexity index is 538. The molecule has 1 N–H and O–H groups in total. The van der Waals surface area contributed by atoms with E-state index in [0.717, 1.165) is 37.4 Å². The molecule has 1 fully saturated rings. The smallest absolute Gasteiger partial charge is 0.293 e. The van der Waals surface area contributed by atoms with E-state index in [9.17, 15) is 4.79 Å². The van der Waals surface area contributed by atoms with Gasteiger partial charge in [-0.2, -0.15) is 5.26 Å². The van der Waals surface area contributed by atoms with E-state index in [-0.39, 0.29) is 11.0 Å². The van der Waals surface area contributed by atoms with Gasteiger partial charge in [0.1, 0.15) is 5.60 Å². The van der Waals surface area contributed by atoms with Gasteiger partial charge in [0.2, 0.25) is 0 Å². The maximum atomic E-state index is 9.60. The number of ether oxygens (including phenoxy) is 1. The van der Waals surface area contributed by atoms with Gasteiger partial charge in [-0.3, -0.25) is 4.79 Å². The average Bonchev–Trinajstić information content (AvgIpc) is 2.54. The molecule has 0 aromatic heterocycles. The van der Waals surface area contributed by atoms with Crippen LogP contribution in [0.1, 0.15) is 52.0 Å². The van der Waals surface area contributed by atoms with Crippen LogP contribution < -0.4 is 5.32 Å². The van der Waals surface area contributed by atoms with E-state index in [4.69, 9.17) is 16.9 Å². The van der Waals surface area contributed by atoms with Crippen molar-refractivity contribution in [2.75, 3.05) is 13.1 Å². The predicted octanol–water partition coefficient (Wildman–Crippen LogP) is 4.22. The lowest BCUT2D eigenvalue weighted by molar-refractivity contribution is -0.138. The SMILES string of the molecule is CC(C)(C)OC=O.N#CCCC1(c2ccc(Cl)cc2)CCNCC1. The van der Waals surface area contributed by atoms with Crippen LogP contribution in [0.5, 0.6) is 0 Å². The minimum Gasteiger partial charge on any atom is -0.462 e. The molecule has 1 aromatic rings. The molecule has 0 aliphatic carbocycles. The first-order valence-electron chi connectivity index (χ1n) is 8.28. The summed E-state index contributed by atoms with van der Waals surface area (Å²) in [6.07, 6.45) is 3.79. The van der Waals surface area contributed by atoms with Gasteiger partial charge < -0.3 is 10.1 Å². The number of hydrogen-bond donors (Lipinski definition) is 1. The maximum absolute atomic E-state index is 9.60. The van der Waals surface area contributed by atoms with E-state index in [2.05, 4.69) is 28.3 Å². The minimum absolute atomic E-state index is 0.172. The molecule has 0 unspecified atom stereocenters. The van der Waals surface area contributed by atoms with Gasteiger partial charge in [0, 0.05) is 11.4 Å². The fourth-order valence-electron chi connectivity index (χ4n) is 2.83. The molecule has 0 bridgehead atoms. The van der Waals surface area contributed by atoms with E-state index in [1.807, 2.05) is 32.9 Å². The number of rotatable bonds is 4. The Morgan fingerprint density at radius 1 is 1.29 bits per heavy atom. The van der Waals surface area contributed by atoms with Crippen molar-refractivity contribution >= 4 is 18.1 Å². The highest BCUT2D eigenvalue weighted by atomic mass is 35.5. The zero-order valence-corrected chi connectivity index (χ0v) is 15.5. The Labute approximate surface area is 150 Å². The zero-order valence-electron chi connectivity index (χ0n) is 14.8. The number of nitrogens with zero attached hydrogens (tertiary/aromatic N) is 1. The number of halogens is 1. The van der Waals surface area contributed by atoms with Gasteiger partial charge in [-0.25, -0.2) is 0 Å². The number of carbonyl (C=O) groups excluding carboxylic acids is 1. The van der Waals surface area contributed by atoms with Crippen molar-refractivity contribution in [3.63, 3.8) is 0 Å². The summed E-state index contributed by atoms with van der Waals surface area (Å²) in [6.45, 7) is 7.99. The van der Waals surface area contributed by atoms with Gasteiger partial charge in [-0.1, -0.05) is 23.7 Å². The molecule has 1 aromatic carbocycles. The van der Waals surface area contributed by atoms with E-state index in [0.29, 0.717) is 12.9 Å². The normalized spacial score (nSPS) is 16.3. The number of benzene rings is 1. The topological polar surface area (TPSA) is 62.1 Å². The van der Waals surface area contributed by atoms with Crippen LogP contribution in [-0.2, 0) is 14.9 Å². The highest BCUT2D eigenvalue weighted by molar-refractivity contribution is 6.30. The molecule has 1 aliphatic rings. The number of carbonyl (C=O) groups is 1. The van der Waals surface area contributed by atoms with Crippen LogP contribution in [0.3, 0.4) is 0 Å². The second-order valence-electron chi connectivity index (χ2n) is 7.02. The molecule has 132 valence electrons. The van der Waals surface area contributed by atoms with E-state index in [1.54, 1.807) is 0 Å². The fourth-order valence-corrected chi connectivity index (χ4v) is 2.96. The second-order valence-corrected chi connectivity index (χ2v) is 7.46. The van der Waals surface area contributed by atoms with Crippen LogP contribution in [0.4, 0.5) is 0 Å². The van der Waals surface area contributed by atoms with Gasteiger partial charge in [0.15, 0.2) is 0 Å². The fraction of sp³-hybridized carbons (Fsp3) is 0.579. The first kappa shape index (κ1) is 20.5. The molecule has 1 heterocycles. The van der Waals surface area contributed by atoms with Gasteiger partial charge in [-0.05, 0) is 76.2 Å². The van der Waals surface area contributed by atoms with Crippen molar-refractivity contribution in [1.29, 1.82) is 5.26 Å². The van der Waals surface area contributed by atoms with Crippen molar-refractivity contribution in [2.24, 2.45) is 0 Å². The van der Waals surface area contributed by atoms with E-state index < -0.39 is 0 Å². The third-order valence-corrected chi connectivity index (χ3v) is 4.39. The van der Waals surface area contributed by atoms with E-state index >= 15 is 0 Å². The van der Waals surface area contributed by atoms with Crippen LogP contribution in [0.15, 0.2) is 24.3 Å². The lowest BCUT2D eigenvalue weighted by Crippen LogP contribution is -2.39. The van der Waals surface area contributed by atoms with Crippen molar-refractivity contribution in [3.05, 3.63) is 34.9 Å². The van der Waals surface area contributed by atoms with Crippen molar-refractivity contribution in [2.45, 2.75) is 57.5 Å². The number of nitrogens with one attached hydrogen (secondary N) is 1. The molecule has 5 heteroatoms. The first-order chi connectivity index (χ1) is 11.3. The Morgan fingerprint density at radius 3 is 2.29 bits per heavy atom. The first-order valence-corrected chi connectivity index (χ1v) is 8.66. The predicted molar refractivity (Wildman–Crippen MR) is 97.0 cm³/mol. The van der Waals surface area contributed by atoms with Gasteiger partial charge in [0.05, 0.1) is 6.07 Å². The third kappa shape index (κ3) is 6.90. The number of hydrogen-bond acceptors (Lipinski definition) is 4. The molecule has 1 aliphatic heterocycles. The second kappa shape index (κ2) is 9.66. The monoisotopic (exact) mass is 350 g/mol. The molecule has 4 nitrogen and oxygen atoms in total. The average molecular weight is 351 g/mol. The number of piperidine rings is 1. The molecule has 0 spiro atoms. The Balaban J connectivity index is 0.000000351. The summed E-state index contributed by atoms with van der Waals surface area (Å²) in [4.78, 5) is 9.60. The van der Waals surface area contributed by atoms with Crippen LogP contribution in [0, 0.1) is 11.3 Å². The summed E-state index contributed by atoms with van der Waals surface area (Å²) < 4.78 is 4.55. The van der Waals surface area contributed by atoms with Crippen molar-refractivity contribution < 1.29 is 9.53 Å². The van der Waals surface area contributed by atoms with E-state index in [1.165, 1.54) is 5.56 Å². The maximum Gasteiger partial charge on any atom is 0.293 e. The Morgan fingerprint density at radius 2 is 1.88 bits per heavy atom. The zero-order chi connectivity index (χ0) is 18.1.